The van der Waals surface area contributed by atoms with E-state index in [-0.39, 0.29) is 21.9 Å². The smallest absolute Gasteiger partial charge is 0.337 e. The molecule has 0 atom stereocenters. The van der Waals surface area contributed by atoms with Crippen molar-refractivity contribution < 1.29 is 23.1 Å². The van der Waals surface area contributed by atoms with Gasteiger partial charge in [-0.1, -0.05) is 26.0 Å². The molecule has 2 aromatic rings. The summed E-state index contributed by atoms with van der Waals surface area (Å²) in [5.74, 6) is -0.993. The summed E-state index contributed by atoms with van der Waals surface area (Å²) >= 11 is 0. The van der Waals surface area contributed by atoms with Gasteiger partial charge in [-0.05, 0) is 38.0 Å². The number of carbonyl (C=O) groups excluding carboxylic acids is 1. The number of Topliss-reactive ketones (excluding diaryl/α,β-unsaturated/α-hetero) is 1. The first-order valence-corrected chi connectivity index (χ1v) is 10.8. The molecule has 8 nitrogen and oxygen atoms in total. The van der Waals surface area contributed by atoms with Gasteiger partial charge in [0.15, 0.2) is 11.6 Å². The van der Waals surface area contributed by atoms with E-state index in [0.717, 1.165) is 12.8 Å². The molecule has 2 N–H and O–H groups in total. The number of nitrogens with one attached hydrogen (secondary N) is 1. The van der Waals surface area contributed by atoms with Crippen LogP contribution in [0.5, 0.6) is 0 Å². The van der Waals surface area contributed by atoms with Gasteiger partial charge in [0.1, 0.15) is 0 Å². The summed E-state index contributed by atoms with van der Waals surface area (Å²) in [6.07, 6.45) is 2.86. The van der Waals surface area contributed by atoms with Crippen molar-refractivity contribution in [2.75, 3.05) is 22.7 Å². The minimum atomic E-state index is -4.01. The van der Waals surface area contributed by atoms with Crippen LogP contribution in [0, 0.1) is 0 Å². The Kier molecular flexibility index (Phi) is 7.33. The molecular formula is C20H25N3O5S. The maximum absolute atomic E-state index is 12.9. The van der Waals surface area contributed by atoms with Gasteiger partial charge in [-0.3, -0.25) is 9.52 Å². The fourth-order valence-corrected chi connectivity index (χ4v) is 3.89. The van der Waals surface area contributed by atoms with Gasteiger partial charge in [0.05, 0.1) is 16.1 Å². The summed E-state index contributed by atoms with van der Waals surface area (Å²) in [6.45, 7) is 6.68. The number of anilines is 2. The van der Waals surface area contributed by atoms with Crippen molar-refractivity contribution in [1.82, 2.24) is 4.98 Å². The lowest BCUT2D eigenvalue weighted by molar-refractivity contribution is 0.0696. The monoisotopic (exact) mass is 419 g/mol. The Hall–Kier alpha value is -2.94. The number of benzene rings is 1. The van der Waals surface area contributed by atoms with Crippen LogP contribution in [0.4, 0.5) is 11.5 Å². The number of pyridine rings is 1. The quantitative estimate of drug-likeness (QED) is 0.567. The van der Waals surface area contributed by atoms with E-state index in [1.54, 1.807) is 0 Å². The number of sulfonamides is 1. The number of aromatic carboxylic acids is 1. The number of rotatable bonds is 10. The summed E-state index contributed by atoms with van der Waals surface area (Å²) in [6, 6.07) is 6.81. The number of nitrogens with zero attached hydrogens (tertiary/aromatic N) is 2. The zero-order chi connectivity index (χ0) is 21.6. The summed E-state index contributed by atoms with van der Waals surface area (Å²) in [7, 11) is -4.01. The van der Waals surface area contributed by atoms with Crippen molar-refractivity contribution in [3.8, 4) is 0 Å². The topological polar surface area (TPSA) is 117 Å². The van der Waals surface area contributed by atoms with E-state index in [0.29, 0.717) is 24.5 Å². The third kappa shape index (κ3) is 5.54. The van der Waals surface area contributed by atoms with Gasteiger partial charge in [0, 0.05) is 24.8 Å². The molecule has 0 radical (unpaired) electrons. The molecule has 1 heterocycles. The fraction of sp³-hybridized carbons (Fsp3) is 0.350. The summed E-state index contributed by atoms with van der Waals surface area (Å²) < 4.78 is 28.2. The van der Waals surface area contributed by atoms with Crippen LogP contribution >= 0.6 is 0 Å². The van der Waals surface area contributed by atoms with E-state index in [4.69, 9.17) is 0 Å². The SMILES string of the molecule is CCCN(CCC)c1ncc(C(=O)O)cc1NS(=O)(=O)c1ccc(C(C)=O)cc1. The van der Waals surface area contributed by atoms with Crippen molar-refractivity contribution in [2.24, 2.45) is 0 Å². The summed E-state index contributed by atoms with van der Waals surface area (Å²) in [4.78, 5) is 28.9. The second-order valence-electron chi connectivity index (χ2n) is 6.57. The predicted molar refractivity (Wildman–Crippen MR) is 111 cm³/mol. The number of carboxylic acids is 1. The molecule has 0 aliphatic carbocycles. The van der Waals surface area contributed by atoms with Crippen LogP contribution in [0.2, 0.25) is 0 Å². The third-order valence-electron chi connectivity index (χ3n) is 4.22. The molecule has 29 heavy (non-hydrogen) atoms. The normalized spacial score (nSPS) is 11.1. The lowest BCUT2D eigenvalue weighted by Gasteiger charge is -2.25. The second kappa shape index (κ2) is 9.51. The van der Waals surface area contributed by atoms with Crippen LogP contribution in [0.25, 0.3) is 0 Å². The van der Waals surface area contributed by atoms with Gasteiger partial charge in [-0.15, -0.1) is 0 Å². The second-order valence-corrected chi connectivity index (χ2v) is 8.26. The van der Waals surface area contributed by atoms with Gasteiger partial charge in [-0.25, -0.2) is 18.2 Å². The molecule has 0 unspecified atom stereocenters. The van der Waals surface area contributed by atoms with E-state index in [1.807, 2.05) is 18.7 Å². The minimum absolute atomic E-state index is 0.0355. The predicted octanol–water partition coefficient (Wildman–Crippen LogP) is 3.41. The van der Waals surface area contributed by atoms with Gasteiger partial charge in [0.2, 0.25) is 0 Å². The van der Waals surface area contributed by atoms with Crippen LogP contribution in [0.1, 0.15) is 54.3 Å². The third-order valence-corrected chi connectivity index (χ3v) is 5.60. The Labute approximate surface area is 170 Å². The van der Waals surface area contributed by atoms with Crippen LogP contribution in [0.15, 0.2) is 41.4 Å². The molecule has 0 aliphatic rings. The number of ketones is 1. The number of hydrogen-bond donors (Lipinski definition) is 2. The van der Waals surface area contributed by atoms with Crippen molar-refractivity contribution in [3.05, 3.63) is 47.7 Å². The molecule has 0 fully saturated rings. The molecule has 1 aromatic heterocycles. The molecule has 2 rings (SSSR count). The fourth-order valence-electron chi connectivity index (χ4n) is 2.84. The van der Waals surface area contributed by atoms with Gasteiger partial charge >= 0.3 is 5.97 Å². The van der Waals surface area contributed by atoms with E-state index in [2.05, 4.69) is 9.71 Å². The zero-order valence-corrected chi connectivity index (χ0v) is 17.5. The van der Waals surface area contributed by atoms with Crippen molar-refractivity contribution in [1.29, 1.82) is 0 Å². The molecule has 0 saturated heterocycles. The van der Waals surface area contributed by atoms with Crippen LogP contribution in [-0.4, -0.2) is 43.4 Å². The highest BCUT2D eigenvalue weighted by atomic mass is 32.2. The average molecular weight is 420 g/mol. The lowest BCUT2D eigenvalue weighted by atomic mass is 10.2. The van der Waals surface area contributed by atoms with Crippen LogP contribution in [-0.2, 0) is 10.0 Å². The molecule has 0 amide bonds. The minimum Gasteiger partial charge on any atom is -0.478 e. The van der Waals surface area contributed by atoms with Crippen molar-refractivity contribution in [3.63, 3.8) is 0 Å². The Bertz CT molecular complexity index is 982. The van der Waals surface area contributed by atoms with Gasteiger partial charge in [-0.2, -0.15) is 0 Å². The summed E-state index contributed by atoms with van der Waals surface area (Å²) in [5.41, 5.74) is 0.380. The highest BCUT2D eigenvalue weighted by Gasteiger charge is 2.21. The Morgan fingerprint density at radius 2 is 1.66 bits per heavy atom. The van der Waals surface area contributed by atoms with E-state index < -0.39 is 16.0 Å². The first-order chi connectivity index (χ1) is 13.7. The van der Waals surface area contributed by atoms with Gasteiger partial charge in [0.25, 0.3) is 10.0 Å². The highest BCUT2D eigenvalue weighted by Crippen LogP contribution is 2.28. The molecule has 156 valence electrons. The molecule has 1 aromatic carbocycles. The Morgan fingerprint density at radius 3 is 2.14 bits per heavy atom. The van der Waals surface area contributed by atoms with E-state index in [1.165, 1.54) is 43.5 Å². The largest absolute Gasteiger partial charge is 0.478 e. The summed E-state index contributed by atoms with van der Waals surface area (Å²) in [5, 5.41) is 9.28. The van der Waals surface area contributed by atoms with Crippen molar-refractivity contribution >= 4 is 33.3 Å². The Morgan fingerprint density at radius 1 is 1.07 bits per heavy atom. The van der Waals surface area contributed by atoms with E-state index >= 15 is 0 Å². The van der Waals surface area contributed by atoms with Crippen LogP contribution < -0.4 is 9.62 Å². The van der Waals surface area contributed by atoms with Crippen LogP contribution in [0.3, 0.4) is 0 Å². The molecule has 9 heteroatoms. The number of carboxylic acid groups (broad SMARTS) is 1. The maximum Gasteiger partial charge on any atom is 0.337 e. The number of hydrogen-bond acceptors (Lipinski definition) is 6. The highest BCUT2D eigenvalue weighted by molar-refractivity contribution is 7.92. The van der Waals surface area contributed by atoms with Gasteiger partial charge < -0.3 is 10.0 Å². The number of aromatic nitrogens is 1. The van der Waals surface area contributed by atoms with E-state index in [9.17, 15) is 23.1 Å². The standard InChI is InChI=1S/C20H25N3O5S/c1-4-10-23(11-5-2)19-18(12-16(13-21-19)20(25)26)22-29(27,28)17-8-6-15(7-9-17)14(3)24/h6-9,12-13,22H,4-5,10-11H2,1-3H3,(H,25,26). The molecular weight excluding hydrogens is 394 g/mol. The molecule has 0 spiro atoms. The Balaban J connectivity index is 2.48. The lowest BCUT2D eigenvalue weighted by Crippen LogP contribution is -2.28. The zero-order valence-electron chi connectivity index (χ0n) is 16.7. The average Bonchev–Trinajstić information content (AvgIpc) is 2.67. The molecule has 0 saturated carbocycles. The first kappa shape index (κ1) is 22.4. The maximum atomic E-state index is 12.9. The molecule has 0 bridgehead atoms. The molecule has 0 aliphatic heterocycles. The van der Waals surface area contributed by atoms with Crippen molar-refractivity contribution in [2.45, 2.75) is 38.5 Å². The number of carbonyl (C=O) groups is 2. The first-order valence-electron chi connectivity index (χ1n) is 9.31.